The summed E-state index contributed by atoms with van der Waals surface area (Å²) in [6, 6.07) is 0.160. The Kier molecular flexibility index (Phi) is 38.7. The molecule has 3 unspecified atom stereocenters. The lowest BCUT2D eigenvalue weighted by molar-refractivity contribution is -0.150. The first-order valence-corrected chi connectivity index (χ1v) is 23.1. The minimum Gasteiger partial charge on any atom is -0.465 e. The van der Waals surface area contributed by atoms with Crippen molar-refractivity contribution >= 4 is 11.9 Å². The zero-order chi connectivity index (χ0) is 38.3. The largest absolute Gasteiger partial charge is 0.465 e. The van der Waals surface area contributed by atoms with Gasteiger partial charge >= 0.3 is 11.9 Å². The summed E-state index contributed by atoms with van der Waals surface area (Å²) >= 11 is 0. The molecule has 0 rings (SSSR count). The SMILES string of the molecule is CCCCCCCCC(CCCCCC)OC(=O)CCCCCCN(CCCCCCOC(=O)C(CCCCCC)CCCCCCC)C(C)CO. The molecule has 0 saturated heterocycles. The number of hydrogen-bond donors (Lipinski definition) is 1. The summed E-state index contributed by atoms with van der Waals surface area (Å²) in [5.74, 6) is 0.118. The van der Waals surface area contributed by atoms with E-state index in [2.05, 4.69) is 39.5 Å². The Bertz CT molecular complexity index is 761. The van der Waals surface area contributed by atoms with Crippen molar-refractivity contribution in [3.05, 3.63) is 0 Å². The fraction of sp³-hybridized carbons (Fsp3) is 0.957. The third-order valence-electron chi connectivity index (χ3n) is 11.0. The monoisotopic (exact) mass is 738 g/mol. The number of carbonyl (C=O) groups excluding carboxylic acids is 2. The normalized spacial score (nSPS) is 13.4. The summed E-state index contributed by atoms with van der Waals surface area (Å²) in [4.78, 5) is 28.0. The molecule has 6 heteroatoms. The van der Waals surface area contributed by atoms with Crippen LogP contribution in [0.5, 0.6) is 0 Å². The maximum Gasteiger partial charge on any atom is 0.308 e. The lowest BCUT2D eigenvalue weighted by Gasteiger charge is -2.27. The average molecular weight is 738 g/mol. The zero-order valence-corrected chi connectivity index (χ0v) is 35.7. The van der Waals surface area contributed by atoms with Crippen LogP contribution in [0.2, 0.25) is 0 Å². The predicted octanol–water partition coefficient (Wildman–Crippen LogP) is 13.3. The standard InChI is InChI=1S/C46H91NO5/c1-6-10-14-18-20-28-36-44(35-27-17-13-9-4)52-45(49)37-29-21-22-30-38-47(42(5)41-48)39-31-23-24-32-40-51-46(50)43(33-25-16-12-8-3)34-26-19-15-11-7-2/h42-44,48H,6-41H2,1-5H3. The molecule has 0 aliphatic heterocycles. The van der Waals surface area contributed by atoms with Crippen molar-refractivity contribution in [3.8, 4) is 0 Å². The highest BCUT2D eigenvalue weighted by atomic mass is 16.5. The molecule has 0 spiro atoms. The van der Waals surface area contributed by atoms with E-state index in [9.17, 15) is 14.7 Å². The zero-order valence-electron chi connectivity index (χ0n) is 35.7. The van der Waals surface area contributed by atoms with Gasteiger partial charge < -0.3 is 14.6 Å². The van der Waals surface area contributed by atoms with Gasteiger partial charge in [0.15, 0.2) is 0 Å². The summed E-state index contributed by atoms with van der Waals surface area (Å²) in [7, 11) is 0. The number of unbranched alkanes of at least 4 members (excludes halogenated alkanes) is 21. The van der Waals surface area contributed by atoms with Crippen molar-refractivity contribution in [2.45, 2.75) is 252 Å². The predicted molar refractivity (Wildman–Crippen MR) is 223 cm³/mol. The molecule has 0 aromatic heterocycles. The molecular weight excluding hydrogens is 647 g/mol. The number of carbonyl (C=O) groups is 2. The maximum atomic E-state index is 12.9. The molecule has 1 N–H and O–H groups in total. The Labute approximate surface area is 324 Å². The van der Waals surface area contributed by atoms with Crippen LogP contribution in [-0.2, 0) is 19.1 Å². The van der Waals surface area contributed by atoms with Gasteiger partial charge in [-0.2, -0.15) is 0 Å². The van der Waals surface area contributed by atoms with Crippen LogP contribution in [0.15, 0.2) is 0 Å². The molecule has 0 radical (unpaired) electrons. The molecule has 0 heterocycles. The van der Waals surface area contributed by atoms with E-state index in [1.165, 1.54) is 109 Å². The smallest absolute Gasteiger partial charge is 0.308 e. The number of aliphatic hydroxyl groups is 1. The molecule has 0 aromatic carbocycles. The third-order valence-corrected chi connectivity index (χ3v) is 11.0. The molecule has 6 nitrogen and oxygen atoms in total. The first kappa shape index (κ1) is 50.9. The van der Waals surface area contributed by atoms with Crippen molar-refractivity contribution in [3.63, 3.8) is 0 Å². The van der Waals surface area contributed by atoms with E-state index in [4.69, 9.17) is 9.47 Å². The van der Waals surface area contributed by atoms with Crippen LogP contribution in [0.1, 0.15) is 240 Å². The molecule has 0 aliphatic rings. The van der Waals surface area contributed by atoms with Gasteiger partial charge in [0.25, 0.3) is 0 Å². The van der Waals surface area contributed by atoms with Gasteiger partial charge in [0, 0.05) is 12.5 Å². The lowest BCUT2D eigenvalue weighted by atomic mass is 9.94. The number of aliphatic hydroxyl groups excluding tert-OH is 1. The Morgan fingerprint density at radius 1 is 0.519 bits per heavy atom. The quantitative estimate of drug-likeness (QED) is 0.0497. The van der Waals surface area contributed by atoms with Crippen molar-refractivity contribution in [1.82, 2.24) is 4.90 Å². The van der Waals surface area contributed by atoms with E-state index in [0.717, 1.165) is 103 Å². The summed E-state index contributed by atoms with van der Waals surface area (Å²) in [5.41, 5.74) is 0. The van der Waals surface area contributed by atoms with Gasteiger partial charge in [-0.15, -0.1) is 0 Å². The Morgan fingerprint density at radius 2 is 0.923 bits per heavy atom. The maximum absolute atomic E-state index is 12.9. The molecular formula is C46H91NO5. The first-order valence-electron chi connectivity index (χ1n) is 23.1. The van der Waals surface area contributed by atoms with Crippen molar-refractivity contribution in [1.29, 1.82) is 0 Å². The minimum atomic E-state index is -0.00296. The van der Waals surface area contributed by atoms with Crippen LogP contribution >= 0.6 is 0 Å². The molecule has 0 aliphatic carbocycles. The van der Waals surface area contributed by atoms with Gasteiger partial charge in [-0.05, 0) is 84.2 Å². The Balaban J connectivity index is 4.31. The van der Waals surface area contributed by atoms with Crippen LogP contribution < -0.4 is 0 Å². The molecule has 0 aromatic rings. The fourth-order valence-corrected chi connectivity index (χ4v) is 7.32. The van der Waals surface area contributed by atoms with E-state index >= 15 is 0 Å². The minimum absolute atomic E-state index is 0.00296. The molecule has 52 heavy (non-hydrogen) atoms. The number of ether oxygens (including phenoxy) is 2. The van der Waals surface area contributed by atoms with Crippen molar-refractivity contribution in [2.75, 3.05) is 26.3 Å². The summed E-state index contributed by atoms with van der Waals surface area (Å²) in [6.45, 7) is 13.8. The van der Waals surface area contributed by atoms with Gasteiger partial charge in [-0.1, -0.05) is 163 Å². The van der Waals surface area contributed by atoms with Gasteiger partial charge in [0.2, 0.25) is 0 Å². The van der Waals surface area contributed by atoms with E-state index in [-0.39, 0.29) is 36.6 Å². The second kappa shape index (κ2) is 39.6. The van der Waals surface area contributed by atoms with E-state index in [1.807, 2.05) is 0 Å². The highest BCUT2D eigenvalue weighted by Gasteiger charge is 2.19. The average Bonchev–Trinajstić information content (AvgIpc) is 3.14. The molecule has 3 atom stereocenters. The fourth-order valence-electron chi connectivity index (χ4n) is 7.32. The topological polar surface area (TPSA) is 76.1 Å². The molecule has 0 fully saturated rings. The second-order valence-corrected chi connectivity index (χ2v) is 16.1. The highest BCUT2D eigenvalue weighted by molar-refractivity contribution is 5.72. The summed E-state index contributed by atoms with van der Waals surface area (Å²) < 4.78 is 11.8. The number of hydrogen-bond acceptors (Lipinski definition) is 6. The Morgan fingerprint density at radius 3 is 1.42 bits per heavy atom. The molecule has 310 valence electrons. The summed E-state index contributed by atoms with van der Waals surface area (Å²) in [5, 5.41) is 9.86. The third kappa shape index (κ3) is 32.3. The van der Waals surface area contributed by atoms with Crippen molar-refractivity contribution in [2.24, 2.45) is 5.92 Å². The van der Waals surface area contributed by atoms with Crippen LogP contribution in [-0.4, -0.2) is 60.4 Å². The van der Waals surface area contributed by atoms with Gasteiger partial charge in [0.1, 0.15) is 6.10 Å². The van der Waals surface area contributed by atoms with Crippen LogP contribution in [0, 0.1) is 5.92 Å². The van der Waals surface area contributed by atoms with Crippen LogP contribution in [0.3, 0.4) is 0 Å². The van der Waals surface area contributed by atoms with Crippen LogP contribution in [0.4, 0.5) is 0 Å². The van der Waals surface area contributed by atoms with Crippen LogP contribution in [0.25, 0.3) is 0 Å². The number of rotatable bonds is 41. The number of nitrogens with zero attached hydrogens (tertiary/aromatic N) is 1. The summed E-state index contributed by atoms with van der Waals surface area (Å²) in [6.07, 6.45) is 36.6. The van der Waals surface area contributed by atoms with E-state index < -0.39 is 0 Å². The number of esters is 2. The van der Waals surface area contributed by atoms with Crippen molar-refractivity contribution < 1.29 is 24.2 Å². The molecule has 0 saturated carbocycles. The van der Waals surface area contributed by atoms with E-state index in [1.54, 1.807) is 0 Å². The van der Waals surface area contributed by atoms with E-state index in [0.29, 0.717) is 13.0 Å². The second-order valence-electron chi connectivity index (χ2n) is 16.1. The van der Waals surface area contributed by atoms with Gasteiger partial charge in [-0.25, -0.2) is 0 Å². The molecule has 0 bridgehead atoms. The first-order chi connectivity index (χ1) is 25.4. The Hall–Kier alpha value is -1.14. The highest BCUT2D eigenvalue weighted by Crippen LogP contribution is 2.21. The van der Waals surface area contributed by atoms with Gasteiger partial charge in [0.05, 0.1) is 19.1 Å². The lowest BCUT2D eigenvalue weighted by Crippen LogP contribution is -2.37. The molecule has 0 amide bonds. The van der Waals surface area contributed by atoms with Gasteiger partial charge in [-0.3, -0.25) is 14.5 Å².